The average Bonchev–Trinajstić information content (AvgIpc) is 3.26. The van der Waals surface area contributed by atoms with E-state index in [1.165, 1.54) is 8.61 Å². The van der Waals surface area contributed by atoms with Gasteiger partial charge in [-0.1, -0.05) is 20.3 Å². The maximum Gasteiger partial charge on any atom is 0.457 e. The van der Waals surface area contributed by atoms with Crippen molar-refractivity contribution in [2.45, 2.75) is 69.5 Å². The molecule has 12 heteroatoms. The number of nitrogens with one attached hydrogen (secondary N) is 1. The van der Waals surface area contributed by atoms with E-state index in [0.717, 1.165) is 25.3 Å². The number of carboxylic acids is 1. The third-order valence-corrected chi connectivity index (χ3v) is 12.3. The Bertz CT molecular complexity index is 1010. The minimum atomic E-state index is -3.76. The van der Waals surface area contributed by atoms with Crippen molar-refractivity contribution in [3.63, 3.8) is 0 Å². The standard InChI is InChI=1S/C22H37BN4O6S/c1-19(2)15-10-22-16(15)17(19)20(22,3)32-23(33-22)7-4-6-14-11-27(12-21(14,24)18(28)29)34(30,31)26-9-5-8-25-13-26/h14-17,25H,4-13,24H2,1-3H3,(H,28,29)/t14-,15-,16?,17+,20+,21-,22-/m0/s1. The van der Waals surface area contributed by atoms with Crippen LogP contribution in [0, 0.1) is 29.1 Å². The van der Waals surface area contributed by atoms with E-state index in [0.29, 0.717) is 43.0 Å². The summed E-state index contributed by atoms with van der Waals surface area (Å²) in [5.41, 5.74) is 4.70. The number of fused-ring (bicyclic) bond motifs is 1. The number of nitrogens with zero attached hydrogens (tertiary/aromatic N) is 2. The normalized spacial score (nSPS) is 47.4. The smallest absolute Gasteiger partial charge is 0.457 e. The molecule has 7 atom stereocenters. The van der Waals surface area contributed by atoms with Crippen LogP contribution in [0.2, 0.25) is 6.32 Å². The lowest BCUT2D eigenvalue weighted by Crippen LogP contribution is -2.92. The number of hydrogen-bond acceptors (Lipinski definition) is 7. The van der Waals surface area contributed by atoms with Crippen LogP contribution in [0.15, 0.2) is 0 Å². The molecule has 0 aromatic carbocycles. The third-order valence-electron chi connectivity index (χ3n) is 10.4. The summed E-state index contributed by atoms with van der Waals surface area (Å²) in [5, 5.41) is 13.0. The summed E-state index contributed by atoms with van der Waals surface area (Å²) in [7, 11) is -4.05. The summed E-state index contributed by atoms with van der Waals surface area (Å²) >= 11 is 0. The molecule has 3 saturated carbocycles. The highest BCUT2D eigenvalue weighted by Crippen LogP contribution is 2.86. The van der Waals surface area contributed by atoms with E-state index in [4.69, 9.17) is 15.0 Å². The number of nitrogens with two attached hydrogens (primary N) is 1. The van der Waals surface area contributed by atoms with Crippen molar-refractivity contribution in [2.75, 3.05) is 32.8 Å². The van der Waals surface area contributed by atoms with Gasteiger partial charge in [0.05, 0.1) is 17.9 Å². The lowest BCUT2D eigenvalue weighted by atomic mass is 9.20. The van der Waals surface area contributed by atoms with Gasteiger partial charge in [-0.05, 0) is 56.3 Å². The van der Waals surface area contributed by atoms with Gasteiger partial charge in [-0.25, -0.2) is 0 Å². The monoisotopic (exact) mass is 496 g/mol. The molecule has 3 aliphatic heterocycles. The first-order valence-electron chi connectivity index (χ1n) is 12.7. The van der Waals surface area contributed by atoms with Crippen LogP contribution < -0.4 is 11.1 Å². The lowest BCUT2D eigenvalue weighted by molar-refractivity contribution is -0.428. The predicted octanol–water partition coefficient (Wildman–Crippen LogP) is 0.316. The van der Waals surface area contributed by atoms with Gasteiger partial charge in [0.15, 0.2) is 0 Å². The molecule has 6 aliphatic rings. The maximum absolute atomic E-state index is 13.1. The third kappa shape index (κ3) is 2.73. The van der Waals surface area contributed by atoms with E-state index < -0.39 is 27.6 Å². The van der Waals surface area contributed by atoms with Gasteiger partial charge in [-0.3, -0.25) is 4.79 Å². The summed E-state index contributed by atoms with van der Waals surface area (Å²) in [6.45, 7) is 8.25. The highest BCUT2D eigenvalue weighted by Gasteiger charge is 2.92. The van der Waals surface area contributed by atoms with Crippen LogP contribution in [0.25, 0.3) is 0 Å². The predicted molar refractivity (Wildman–Crippen MR) is 125 cm³/mol. The van der Waals surface area contributed by atoms with Crippen LogP contribution in [-0.2, 0) is 24.3 Å². The van der Waals surface area contributed by atoms with Crippen LogP contribution in [0.5, 0.6) is 0 Å². The van der Waals surface area contributed by atoms with E-state index in [-0.39, 0.29) is 38.1 Å². The molecule has 0 radical (unpaired) electrons. The Labute approximate surface area is 202 Å². The number of carboxylic acid groups (broad SMARTS) is 1. The summed E-state index contributed by atoms with van der Waals surface area (Å²) in [6.07, 6.45) is 3.65. The first kappa shape index (κ1) is 23.6. The molecular formula is C22H37BN4O6S. The molecule has 3 heterocycles. The highest BCUT2D eigenvalue weighted by molar-refractivity contribution is 7.86. The Hall–Kier alpha value is -0.755. The van der Waals surface area contributed by atoms with Crippen LogP contribution in [-0.4, -0.2) is 84.8 Å². The SMILES string of the molecule is CC1(C)[C@H]2C3[C@@H]1C[C@]31OB(CCC[C@H]3CN(S(=O)(=O)N4CCCNC4)C[C@@]3(N)C(=O)O)O[C@]21C. The maximum atomic E-state index is 13.1. The quantitative estimate of drug-likeness (QED) is 0.429. The first-order valence-corrected chi connectivity index (χ1v) is 14.1. The molecule has 3 aliphatic carbocycles. The Kier molecular flexibility index (Phi) is 4.99. The van der Waals surface area contributed by atoms with Crippen LogP contribution in [0.1, 0.15) is 46.5 Å². The average molecular weight is 496 g/mol. The van der Waals surface area contributed by atoms with E-state index in [1.807, 2.05) is 0 Å². The minimum absolute atomic E-state index is 0.121. The number of carbonyl (C=O) groups is 1. The van der Waals surface area contributed by atoms with Crippen molar-refractivity contribution in [2.24, 2.45) is 34.8 Å². The molecule has 6 rings (SSSR count). The van der Waals surface area contributed by atoms with Crippen molar-refractivity contribution < 1.29 is 27.6 Å². The molecule has 3 saturated heterocycles. The summed E-state index contributed by atoms with van der Waals surface area (Å²) in [5.74, 6) is 0.295. The largest absolute Gasteiger partial charge is 0.480 e. The van der Waals surface area contributed by atoms with Gasteiger partial charge in [-0.2, -0.15) is 17.0 Å². The van der Waals surface area contributed by atoms with Gasteiger partial charge in [-0.15, -0.1) is 0 Å². The van der Waals surface area contributed by atoms with Crippen molar-refractivity contribution in [1.29, 1.82) is 0 Å². The molecule has 1 spiro atoms. The van der Waals surface area contributed by atoms with Crippen LogP contribution >= 0.6 is 0 Å². The molecule has 6 fully saturated rings. The van der Waals surface area contributed by atoms with E-state index >= 15 is 0 Å². The van der Waals surface area contributed by atoms with Crippen molar-refractivity contribution in [1.82, 2.24) is 13.9 Å². The highest BCUT2D eigenvalue weighted by atomic mass is 32.2. The van der Waals surface area contributed by atoms with Crippen molar-refractivity contribution >= 4 is 23.3 Å². The van der Waals surface area contributed by atoms with E-state index in [2.05, 4.69) is 26.1 Å². The first-order chi connectivity index (χ1) is 15.9. The second-order valence-electron chi connectivity index (χ2n) is 12.3. The Balaban J connectivity index is 1.09. The number of rotatable bonds is 7. The fourth-order valence-corrected chi connectivity index (χ4v) is 10.3. The molecular weight excluding hydrogens is 459 g/mol. The van der Waals surface area contributed by atoms with Crippen LogP contribution in [0.3, 0.4) is 0 Å². The second-order valence-corrected chi connectivity index (χ2v) is 14.2. The molecule has 0 amide bonds. The van der Waals surface area contributed by atoms with Crippen molar-refractivity contribution in [3.05, 3.63) is 0 Å². The van der Waals surface area contributed by atoms with Gasteiger partial charge in [0.2, 0.25) is 0 Å². The zero-order valence-electron chi connectivity index (χ0n) is 20.3. The minimum Gasteiger partial charge on any atom is -0.480 e. The van der Waals surface area contributed by atoms with Gasteiger partial charge in [0.1, 0.15) is 5.54 Å². The molecule has 1 unspecified atom stereocenters. The molecule has 0 bridgehead atoms. The summed E-state index contributed by atoms with van der Waals surface area (Å²) < 4.78 is 41.8. The molecule has 0 aromatic heterocycles. The molecule has 34 heavy (non-hydrogen) atoms. The molecule has 10 nitrogen and oxygen atoms in total. The van der Waals surface area contributed by atoms with Gasteiger partial charge in [0.25, 0.3) is 10.2 Å². The topological polar surface area (TPSA) is 134 Å². The summed E-state index contributed by atoms with van der Waals surface area (Å²) in [4.78, 5) is 12.1. The van der Waals surface area contributed by atoms with E-state index in [9.17, 15) is 18.3 Å². The van der Waals surface area contributed by atoms with Crippen LogP contribution in [0.4, 0.5) is 0 Å². The Morgan fingerprint density at radius 2 is 2.03 bits per heavy atom. The molecule has 190 valence electrons. The number of hydrogen-bond donors (Lipinski definition) is 3. The van der Waals surface area contributed by atoms with Gasteiger partial charge < -0.3 is 25.5 Å². The summed E-state index contributed by atoms with van der Waals surface area (Å²) in [6, 6.07) is 0. The lowest BCUT2D eigenvalue weighted by Gasteiger charge is -2.87. The van der Waals surface area contributed by atoms with Crippen molar-refractivity contribution in [3.8, 4) is 0 Å². The zero-order valence-corrected chi connectivity index (χ0v) is 21.1. The van der Waals surface area contributed by atoms with Gasteiger partial charge >= 0.3 is 13.1 Å². The molecule has 4 N–H and O–H groups in total. The Morgan fingerprint density at radius 3 is 2.68 bits per heavy atom. The zero-order chi connectivity index (χ0) is 24.3. The number of aliphatic carboxylic acids is 1. The fourth-order valence-electron chi connectivity index (χ4n) is 8.59. The Morgan fingerprint density at radius 1 is 1.26 bits per heavy atom. The fraction of sp³-hybridized carbons (Fsp3) is 0.955. The van der Waals surface area contributed by atoms with Gasteiger partial charge in [0, 0.05) is 31.5 Å². The molecule has 0 aromatic rings. The second kappa shape index (κ2) is 7.17. The van der Waals surface area contributed by atoms with E-state index in [1.54, 1.807) is 0 Å².